The summed E-state index contributed by atoms with van der Waals surface area (Å²) < 4.78 is 0. The lowest BCUT2D eigenvalue weighted by Crippen LogP contribution is -2.12. The molecule has 0 fully saturated rings. The van der Waals surface area contributed by atoms with Gasteiger partial charge in [0.15, 0.2) is 0 Å². The second-order valence-corrected chi connectivity index (χ2v) is 6.32. The first-order valence-electron chi connectivity index (χ1n) is 7.07. The lowest BCUT2D eigenvalue weighted by atomic mass is 9.95. The van der Waals surface area contributed by atoms with Crippen LogP contribution >= 0.6 is 11.6 Å². The highest BCUT2D eigenvalue weighted by Crippen LogP contribution is 2.24. The third-order valence-electron chi connectivity index (χ3n) is 3.41. The molecule has 2 N–H and O–H groups in total. The Bertz CT molecular complexity index is 552. The summed E-state index contributed by atoms with van der Waals surface area (Å²) in [6, 6.07) is 14.5. The Kier molecular flexibility index (Phi) is 4.85. The van der Waals surface area contributed by atoms with Gasteiger partial charge in [0.25, 0.3) is 0 Å². The lowest BCUT2D eigenvalue weighted by Gasteiger charge is -2.15. The second kappa shape index (κ2) is 6.43. The molecule has 2 aromatic carbocycles. The molecule has 2 heteroatoms. The molecule has 1 atom stereocenters. The summed E-state index contributed by atoms with van der Waals surface area (Å²) in [6.45, 7) is 6.50. The van der Waals surface area contributed by atoms with Crippen molar-refractivity contribution in [3.63, 3.8) is 0 Å². The zero-order valence-electron chi connectivity index (χ0n) is 12.4. The molecule has 2 rings (SSSR count). The summed E-state index contributed by atoms with van der Waals surface area (Å²) in [4.78, 5) is 0. The van der Waals surface area contributed by atoms with E-state index in [0.717, 1.165) is 28.1 Å². The Balaban J connectivity index is 2.22. The first-order chi connectivity index (χ1) is 9.45. The average molecular weight is 288 g/mol. The molecule has 2 aromatic rings. The van der Waals surface area contributed by atoms with Gasteiger partial charge in [-0.1, -0.05) is 55.8 Å². The summed E-state index contributed by atoms with van der Waals surface area (Å²) >= 11 is 6.11. The summed E-state index contributed by atoms with van der Waals surface area (Å²) in [5.41, 5.74) is 11.0. The van der Waals surface area contributed by atoms with Crippen LogP contribution in [0.25, 0.3) is 0 Å². The number of benzene rings is 2. The zero-order valence-corrected chi connectivity index (χ0v) is 13.1. The molecule has 0 amide bonds. The van der Waals surface area contributed by atoms with E-state index in [1.165, 1.54) is 5.56 Å². The van der Waals surface area contributed by atoms with Crippen molar-refractivity contribution in [3.8, 4) is 0 Å². The van der Waals surface area contributed by atoms with Gasteiger partial charge in [-0.3, -0.25) is 0 Å². The van der Waals surface area contributed by atoms with E-state index in [0.29, 0.717) is 5.92 Å². The first-order valence-corrected chi connectivity index (χ1v) is 7.45. The molecule has 0 aliphatic rings. The van der Waals surface area contributed by atoms with Gasteiger partial charge in [0.2, 0.25) is 0 Å². The van der Waals surface area contributed by atoms with Gasteiger partial charge in [-0.25, -0.2) is 0 Å². The third-order valence-corrected chi connectivity index (χ3v) is 3.62. The van der Waals surface area contributed by atoms with Crippen LogP contribution < -0.4 is 5.73 Å². The molecule has 0 bridgehead atoms. The molecule has 0 radical (unpaired) electrons. The Labute approximate surface area is 126 Å². The first kappa shape index (κ1) is 15.1. The lowest BCUT2D eigenvalue weighted by molar-refractivity contribution is 0.647. The van der Waals surface area contributed by atoms with Crippen LogP contribution in [-0.4, -0.2) is 0 Å². The highest BCUT2D eigenvalue weighted by atomic mass is 35.5. The SMILES string of the molecule is Cc1cc(Cl)cc(C(N)c2ccc(CC(C)C)cc2)c1. The van der Waals surface area contributed by atoms with E-state index >= 15 is 0 Å². The van der Waals surface area contributed by atoms with Crippen LogP contribution in [-0.2, 0) is 6.42 Å². The Hall–Kier alpha value is -1.31. The van der Waals surface area contributed by atoms with E-state index in [9.17, 15) is 0 Å². The standard InChI is InChI=1S/C18H22ClN/c1-12(2)8-14-4-6-15(7-5-14)18(20)16-9-13(3)10-17(19)11-16/h4-7,9-12,18H,8,20H2,1-3H3. The third kappa shape index (κ3) is 3.84. The minimum Gasteiger partial charge on any atom is -0.320 e. The van der Waals surface area contributed by atoms with Crippen LogP contribution in [0, 0.1) is 12.8 Å². The highest BCUT2D eigenvalue weighted by molar-refractivity contribution is 6.30. The minimum absolute atomic E-state index is 0.125. The Morgan fingerprint density at radius 1 is 1.00 bits per heavy atom. The number of hydrogen-bond acceptors (Lipinski definition) is 1. The van der Waals surface area contributed by atoms with Gasteiger partial charge >= 0.3 is 0 Å². The second-order valence-electron chi connectivity index (χ2n) is 5.88. The smallest absolute Gasteiger partial charge is 0.0552 e. The molecule has 106 valence electrons. The van der Waals surface area contributed by atoms with E-state index in [4.69, 9.17) is 17.3 Å². The molecular formula is C18H22ClN. The van der Waals surface area contributed by atoms with E-state index < -0.39 is 0 Å². The Morgan fingerprint density at radius 3 is 2.20 bits per heavy atom. The van der Waals surface area contributed by atoms with Crippen molar-refractivity contribution in [3.05, 3.63) is 69.7 Å². The summed E-state index contributed by atoms with van der Waals surface area (Å²) in [7, 11) is 0. The van der Waals surface area contributed by atoms with Crippen LogP contribution in [0.1, 0.15) is 42.1 Å². The van der Waals surface area contributed by atoms with Gasteiger partial charge in [0.05, 0.1) is 6.04 Å². The molecule has 1 unspecified atom stereocenters. The quantitative estimate of drug-likeness (QED) is 0.851. The molecule has 1 nitrogen and oxygen atoms in total. The van der Waals surface area contributed by atoms with Crippen molar-refractivity contribution in [1.29, 1.82) is 0 Å². The molecule has 0 saturated heterocycles. The van der Waals surface area contributed by atoms with Crippen molar-refractivity contribution in [2.75, 3.05) is 0 Å². The van der Waals surface area contributed by atoms with E-state index in [1.54, 1.807) is 0 Å². The van der Waals surface area contributed by atoms with E-state index in [-0.39, 0.29) is 6.04 Å². The maximum Gasteiger partial charge on any atom is 0.0552 e. The van der Waals surface area contributed by atoms with Gasteiger partial charge in [0.1, 0.15) is 0 Å². The van der Waals surface area contributed by atoms with Crippen LogP contribution in [0.3, 0.4) is 0 Å². The maximum absolute atomic E-state index is 6.35. The van der Waals surface area contributed by atoms with Gasteiger partial charge < -0.3 is 5.73 Å². The number of hydrogen-bond donors (Lipinski definition) is 1. The predicted molar refractivity (Wildman–Crippen MR) is 87.2 cm³/mol. The normalized spacial score (nSPS) is 12.7. The largest absolute Gasteiger partial charge is 0.320 e. The van der Waals surface area contributed by atoms with Crippen LogP contribution in [0.4, 0.5) is 0 Å². The topological polar surface area (TPSA) is 26.0 Å². The molecule has 20 heavy (non-hydrogen) atoms. The van der Waals surface area contributed by atoms with Crippen molar-refractivity contribution in [2.24, 2.45) is 11.7 Å². The number of halogens is 1. The fourth-order valence-electron chi connectivity index (χ4n) is 2.47. The summed E-state index contributed by atoms with van der Waals surface area (Å²) in [6.07, 6.45) is 1.10. The molecule has 0 heterocycles. The average Bonchev–Trinajstić information content (AvgIpc) is 2.37. The van der Waals surface area contributed by atoms with Crippen LogP contribution in [0.15, 0.2) is 42.5 Å². The minimum atomic E-state index is -0.125. The van der Waals surface area contributed by atoms with Crippen LogP contribution in [0.5, 0.6) is 0 Å². The molecule has 0 aromatic heterocycles. The molecular weight excluding hydrogens is 266 g/mol. The maximum atomic E-state index is 6.35. The predicted octanol–water partition coefficient (Wildman–Crippen LogP) is 4.90. The molecule has 0 spiro atoms. The Morgan fingerprint density at radius 2 is 1.65 bits per heavy atom. The van der Waals surface area contributed by atoms with Gasteiger partial charge in [-0.15, -0.1) is 0 Å². The molecule has 0 saturated carbocycles. The van der Waals surface area contributed by atoms with Crippen molar-refractivity contribution in [1.82, 2.24) is 0 Å². The van der Waals surface area contributed by atoms with Gasteiger partial charge in [-0.2, -0.15) is 0 Å². The van der Waals surface area contributed by atoms with Crippen molar-refractivity contribution < 1.29 is 0 Å². The number of nitrogens with two attached hydrogens (primary N) is 1. The monoisotopic (exact) mass is 287 g/mol. The van der Waals surface area contributed by atoms with Gasteiger partial charge in [-0.05, 0) is 53.6 Å². The number of aryl methyl sites for hydroxylation is 1. The van der Waals surface area contributed by atoms with E-state index in [2.05, 4.69) is 44.2 Å². The zero-order chi connectivity index (χ0) is 14.7. The summed E-state index contributed by atoms with van der Waals surface area (Å²) in [5.74, 6) is 0.671. The molecule has 0 aliphatic carbocycles. The fraction of sp³-hybridized carbons (Fsp3) is 0.333. The number of rotatable bonds is 4. The summed E-state index contributed by atoms with van der Waals surface area (Å²) in [5, 5.41) is 0.742. The molecule has 0 aliphatic heterocycles. The van der Waals surface area contributed by atoms with Crippen molar-refractivity contribution >= 4 is 11.6 Å². The van der Waals surface area contributed by atoms with Crippen LogP contribution in [0.2, 0.25) is 5.02 Å². The highest BCUT2D eigenvalue weighted by Gasteiger charge is 2.10. The van der Waals surface area contributed by atoms with Gasteiger partial charge in [0, 0.05) is 5.02 Å². The fourth-order valence-corrected chi connectivity index (χ4v) is 2.77. The van der Waals surface area contributed by atoms with E-state index in [1.807, 2.05) is 19.1 Å². The van der Waals surface area contributed by atoms with Crippen molar-refractivity contribution in [2.45, 2.75) is 33.2 Å².